The second-order valence-corrected chi connectivity index (χ2v) is 4.97. The third-order valence-corrected chi connectivity index (χ3v) is 3.74. The van der Waals surface area contributed by atoms with Crippen LogP contribution in [-0.2, 0) is 13.1 Å². The molecule has 1 N–H and O–H groups in total. The quantitative estimate of drug-likeness (QED) is 0.758. The number of rotatable bonds is 1. The van der Waals surface area contributed by atoms with Crippen LogP contribution in [0.4, 0.5) is 0 Å². The van der Waals surface area contributed by atoms with Gasteiger partial charge in [-0.15, -0.1) is 0 Å². The standard InChI is InChI=1S/C12H20N4/c1-10-7-12-9-15(5-6-16(12)14-10)11-3-2-4-13-8-11/h7,11,13H,2-6,8-9H2,1H3/t11-/m0/s1. The Hall–Kier alpha value is -0.870. The molecular formula is C12H20N4. The number of piperidine rings is 1. The summed E-state index contributed by atoms with van der Waals surface area (Å²) in [6.45, 7) is 7.72. The Kier molecular flexibility index (Phi) is 2.69. The maximum Gasteiger partial charge on any atom is 0.0597 e. The normalized spacial score (nSPS) is 26.7. The van der Waals surface area contributed by atoms with Gasteiger partial charge < -0.3 is 5.32 Å². The van der Waals surface area contributed by atoms with Crippen molar-refractivity contribution < 1.29 is 0 Å². The van der Waals surface area contributed by atoms with Crippen molar-refractivity contribution in [3.8, 4) is 0 Å². The van der Waals surface area contributed by atoms with Crippen molar-refractivity contribution in [3.63, 3.8) is 0 Å². The molecule has 88 valence electrons. The number of aryl methyl sites for hydroxylation is 1. The van der Waals surface area contributed by atoms with E-state index in [2.05, 4.69) is 33.0 Å². The second-order valence-electron chi connectivity index (χ2n) is 4.97. The Labute approximate surface area is 96.6 Å². The van der Waals surface area contributed by atoms with Gasteiger partial charge in [0.05, 0.1) is 17.9 Å². The van der Waals surface area contributed by atoms with Crippen molar-refractivity contribution in [1.29, 1.82) is 0 Å². The Morgan fingerprint density at radius 2 is 2.38 bits per heavy atom. The monoisotopic (exact) mass is 220 g/mol. The van der Waals surface area contributed by atoms with Crippen LogP contribution in [0.15, 0.2) is 6.07 Å². The van der Waals surface area contributed by atoms with Gasteiger partial charge in [-0.1, -0.05) is 0 Å². The molecule has 1 fully saturated rings. The van der Waals surface area contributed by atoms with Crippen LogP contribution in [0.3, 0.4) is 0 Å². The summed E-state index contributed by atoms with van der Waals surface area (Å²) in [6.07, 6.45) is 2.67. The average Bonchev–Trinajstić information content (AvgIpc) is 2.69. The van der Waals surface area contributed by atoms with E-state index in [4.69, 9.17) is 0 Å². The molecule has 1 atom stereocenters. The zero-order valence-corrected chi connectivity index (χ0v) is 9.95. The van der Waals surface area contributed by atoms with E-state index in [0.717, 1.165) is 37.9 Å². The Morgan fingerprint density at radius 1 is 1.44 bits per heavy atom. The summed E-state index contributed by atoms with van der Waals surface area (Å²) in [5.41, 5.74) is 2.54. The summed E-state index contributed by atoms with van der Waals surface area (Å²) in [5.74, 6) is 0. The van der Waals surface area contributed by atoms with Crippen LogP contribution in [0.2, 0.25) is 0 Å². The lowest BCUT2D eigenvalue weighted by Gasteiger charge is -2.37. The highest BCUT2D eigenvalue weighted by atomic mass is 15.3. The Morgan fingerprint density at radius 3 is 3.19 bits per heavy atom. The fourth-order valence-electron chi connectivity index (χ4n) is 2.89. The van der Waals surface area contributed by atoms with Crippen molar-refractivity contribution in [2.45, 2.75) is 38.9 Å². The highest BCUT2D eigenvalue weighted by molar-refractivity contribution is 5.10. The van der Waals surface area contributed by atoms with E-state index in [0.29, 0.717) is 0 Å². The van der Waals surface area contributed by atoms with Gasteiger partial charge in [-0.05, 0) is 32.4 Å². The summed E-state index contributed by atoms with van der Waals surface area (Å²) >= 11 is 0. The largest absolute Gasteiger partial charge is 0.315 e. The molecule has 16 heavy (non-hydrogen) atoms. The van der Waals surface area contributed by atoms with Crippen LogP contribution < -0.4 is 5.32 Å². The van der Waals surface area contributed by atoms with E-state index in [1.54, 1.807) is 0 Å². The van der Waals surface area contributed by atoms with E-state index in [1.165, 1.54) is 25.1 Å². The molecule has 4 nitrogen and oxygen atoms in total. The topological polar surface area (TPSA) is 33.1 Å². The first kappa shape index (κ1) is 10.3. The van der Waals surface area contributed by atoms with Crippen molar-refractivity contribution in [2.24, 2.45) is 0 Å². The lowest BCUT2D eigenvalue weighted by Crippen LogP contribution is -2.48. The van der Waals surface area contributed by atoms with Gasteiger partial charge >= 0.3 is 0 Å². The van der Waals surface area contributed by atoms with Crippen molar-refractivity contribution >= 4 is 0 Å². The molecule has 4 heteroatoms. The second kappa shape index (κ2) is 4.18. The zero-order valence-electron chi connectivity index (χ0n) is 9.95. The van der Waals surface area contributed by atoms with Gasteiger partial charge in [0.15, 0.2) is 0 Å². The maximum absolute atomic E-state index is 4.51. The first-order valence-electron chi connectivity index (χ1n) is 6.31. The summed E-state index contributed by atoms with van der Waals surface area (Å²) < 4.78 is 2.17. The minimum absolute atomic E-state index is 0.734. The van der Waals surface area contributed by atoms with Gasteiger partial charge in [-0.3, -0.25) is 9.58 Å². The van der Waals surface area contributed by atoms with E-state index in [-0.39, 0.29) is 0 Å². The smallest absolute Gasteiger partial charge is 0.0597 e. The molecule has 2 aliphatic rings. The molecule has 2 aliphatic heterocycles. The van der Waals surface area contributed by atoms with Gasteiger partial charge in [0.2, 0.25) is 0 Å². The van der Waals surface area contributed by atoms with Gasteiger partial charge in [0, 0.05) is 25.7 Å². The van der Waals surface area contributed by atoms with Crippen LogP contribution >= 0.6 is 0 Å². The number of nitrogens with one attached hydrogen (secondary N) is 1. The minimum atomic E-state index is 0.734. The van der Waals surface area contributed by atoms with E-state index >= 15 is 0 Å². The third-order valence-electron chi connectivity index (χ3n) is 3.74. The lowest BCUT2D eigenvalue weighted by molar-refractivity contribution is 0.128. The number of aromatic nitrogens is 2. The van der Waals surface area contributed by atoms with E-state index in [1.807, 2.05) is 0 Å². The lowest BCUT2D eigenvalue weighted by atomic mass is 10.0. The minimum Gasteiger partial charge on any atom is -0.315 e. The summed E-state index contributed by atoms with van der Waals surface area (Å²) in [4.78, 5) is 2.61. The first-order chi connectivity index (χ1) is 7.83. The highest BCUT2D eigenvalue weighted by Crippen LogP contribution is 2.18. The predicted molar refractivity (Wildman–Crippen MR) is 63.3 cm³/mol. The predicted octanol–water partition coefficient (Wildman–Crippen LogP) is 0.759. The molecule has 1 aromatic heterocycles. The van der Waals surface area contributed by atoms with E-state index in [9.17, 15) is 0 Å². The average molecular weight is 220 g/mol. The fourth-order valence-corrected chi connectivity index (χ4v) is 2.89. The van der Waals surface area contributed by atoms with Gasteiger partial charge in [-0.25, -0.2) is 0 Å². The van der Waals surface area contributed by atoms with Crippen LogP contribution in [0.25, 0.3) is 0 Å². The molecule has 0 spiro atoms. The van der Waals surface area contributed by atoms with Crippen LogP contribution in [0, 0.1) is 6.92 Å². The molecule has 0 radical (unpaired) electrons. The van der Waals surface area contributed by atoms with Gasteiger partial charge in [-0.2, -0.15) is 5.10 Å². The summed E-state index contributed by atoms with van der Waals surface area (Å²) in [5, 5.41) is 8.00. The van der Waals surface area contributed by atoms with Crippen molar-refractivity contribution in [1.82, 2.24) is 20.0 Å². The number of hydrogen-bond donors (Lipinski definition) is 1. The zero-order chi connectivity index (χ0) is 11.0. The fraction of sp³-hybridized carbons (Fsp3) is 0.750. The molecule has 1 saturated heterocycles. The molecule has 0 bridgehead atoms. The van der Waals surface area contributed by atoms with Gasteiger partial charge in [0.1, 0.15) is 0 Å². The van der Waals surface area contributed by atoms with Gasteiger partial charge in [0.25, 0.3) is 0 Å². The number of hydrogen-bond acceptors (Lipinski definition) is 3. The molecule has 0 saturated carbocycles. The first-order valence-corrected chi connectivity index (χ1v) is 6.31. The summed E-state index contributed by atoms with van der Waals surface area (Å²) in [6, 6.07) is 2.96. The third kappa shape index (κ3) is 1.87. The Balaban J connectivity index is 1.71. The SMILES string of the molecule is Cc1cc2n(n1)CCN([C@H]1CCCNC1)C2. The molecule has 0 aromatic carbocycles. The number of nitrogens with zero attached hydrogens (tertiary/aromatic N) is 3. The molecule has 0 amide bonds. The van der Waals surface area contributed by atoms with Crippen LogP contribution in [0.5, 0.6) is 0 Å². The summed E-state index contributed by atoms with van der Waals surface area (Å²) in [7, 11) is 0. The maximum atomic E-state index is 4.51. The van der Waals surface area contributed by atoms with Crippen molar-refractivity contribution in [3.05, 3.63) is 17.5 Å². The highest BCUT2D eigenvalue weighted by Gasteiger charge is 2.25. The Bertz CT molecular complexity index is 365. The van der Waals surface area contributed by atoms with Crippen LogP contribution in [0.1, 0.15) is 24.2 Å². The van der Waals surface area contributed by atoms with E-state index < -0.39 is 0 Å². The molecule has 0 aliphatic carbocycles. The molecular weight excluding hydrogens is 200 g/mol. The molecule has 3 rings (SSSR count). The molecule has 0 unspecified atom stereocenters. The van der Waals surface area contributed by atoms with Crippen molar-refractivity contribution in [2.75, 3.05) is 19.6 Å². The molecule has 3 heterocycles. The molecule has 1 aromatic rings. The van der Waals surface area contributed by atoms with Crippen LogP contribution in [-0.4, -0.2) is 40.4 Å². The number of fused-ring (bicyclic) bond motifs is 1.